The van der Waals surface area contributed by atoms with Crippen LogP contribution in [0.1, 0.15) is 0 Å². The van der Waals surface area contributed by atoms with Crippen molar-refractivity contribution in [2.45, 2.75) is 29.9 Å². The normalized spacial score (nSPS) is 32.6. The number of hydrogen-bond donors (Lipinski definition) is 2. The number of nitrogens with zero attached hydrogens (tertiary/aromatic N) is 1. The summed E-state index contributed by atoms with van der Waals surface area (Å²) in [4.78, 5) is 15.6. The molecule has 0 bridgehead atoms. The maximum absolute atomic E-state index is 14.6. The van der Waals surface area contributed by atoms with Gasteiger partial charge in [-0.15, -0.1) is 6.58 Å². The number of carbonyl (C=O) groups is 1. The van der Waals surface area contributed by atoms with Crippen LogP contribution in [0.15, 0.2) is 30.3 Å². The van der Waals surface area contributed by atoms with Gasteiger partial charge in [-0.2, -0.15) is 0 Å². The van der Waals surface area contributed by atoms with Gasteiger partial charge in [-0.1, -0.05) is 30.5 Å². The van der Waals surface area contributed by atoms with Crippen molar-refractivity contribution in [2.24, 2.45) is 4.99 Å². The molecule has 1 amide bonds. The zero-order valence-electron chi connectivity index (χ0n) is 12.4. The molecule has 0 aliphatic carbocycles. The van der Waals surface area contributed by atoms with Crippen molar-refractivity contribution < 1.29 is 28.5 Å². The predicted molar refractivity (Wildman–Crippen MR) is 84.1 cm³/mol. The fourth-order valence-electron chi connectivity index (χ4n) is 2.23. The molecule has 2 N–H and O–H groups in total. The quantitative estimate of drug-likeness (QED) is 0.698. The van der Waals surface area contributed by atoms with Crippen molar-refractivity contribution in [1.29, 1.82) is 0 Å². The Morgan fingerprint density at radius 2 is 2.22 bits per heavy atom. The van der Waals surface area contributed by atoms with Gasteiger partial charge in [-0.25, -0.2) is 9.18 Å². The molecule has 0 spiro atoms. The van der Waals surface area contributed by atoms with Gasteiger partial charge in [0.15, 0.2) is 11.3 Å². The Bertz CT molecular complexity index is 490. The summed E-state index contributed by atoms with van der Waals surface area (Å²) in [6, 6.07) is -0.827. The first-order valence-electron chi connectivity index (χ1n) is 7.02. The van der Waals surface area contributed by atoms with E-state index in [-0.39, 0.29) is 25.0 Å². The number of nitrogens with one attached hydrogen (secondary N) is 1. The summed E-state index contributed by atoms with van der Waals surface area (Å²) in [6.07, 6.45) is -1.01. The monoisotopic (exact) mass is 346 g/mol. The van der Waals surface area contributed by atoms with E-state index in [4.69, 9.17) is 14.2 Å². The van der Waals surface area contributed by atoms with E-state index in [1.165, 1.54) is 12.2 Å². The highest BCUT2D eigenvalue weighted by Crippen LogP contribution is 2.38. The molecular weight excluding hydrogens is 327 g/mol. The zero-order valence-corrected chi connectivity index (χ0v) is 13.2. The van der Waals surface area contributed by atoms with Crippen molar-refractivity contribution in [2.75, 3.05) is 19.8 Å². The lowest BCUT2D eigenvalue weighted by atomic mass is 10.00. The Kier molecular flexibility index (Phi) is 6.58. The fourth-order valence-corrected chi connectivity index (χ4v) is 3.32. The van der Waals surface area contributed by atoms with Gasteiger partial charge in [0.2, 0.25) is 0 Å². The molecule has 0 radical (unpaired) electrons. The smallest absolute Gasteiger partial charge is 0.413 e. The van der Waals surface area contributed by atoms with Gasteiger partial charge in [-0.05, 0) is 0 Å². The van der Waals surface area contributed by atoms with Crippen LogP contribution in [-0.4, -0.2) is 66.0 Å². The summed E-state index contributed by atoms with van der Waals surface area (Å²) in [5.74, 6) is 0. The zero-order chi connectivity index (χ0) is 16.8. The second-order valence-electron chi connectivity index (χ2n) is 4.81. The fraction of sp³-hybridized carbons (Fsp3) is 0.571. The number of aliphatic hydroxyl groups is 1. The lowest BCUT2D eigenvalue weighted by molar-refractivity contribution is -0.162. The lowest BCUT2D eigenvalue weighted by Crippen LogP contribution is -2.55. The SMILES string of the molecule is C=CCOC(=O)NC1=N[C@@H]2[C@@H](F)[C@H](OCC=C)[C@@H](CO)O[C@@H]2S1. The van der Waals surface area contributed by atoms with Gasteiger partial charge in [0.1, 0.15) is 30.3 Å². The standard InChI is InChI=1S/C14H19FN2O5S/c1-3-5-20-11-8(7-18)22-12-10(9(11)15)16-13(23-12)17-14(19)21-6-4-2/h3-4,8-12,18H,1-2,5-7H2,(H,16,17,19)/t8-,9-,10-,11-,12-/m1/s1. The van der Waals surface area contributed by atoms with E-state index in [0.717, 1.165) is 11.8 Å². The number of ether oxygens (including phenoxy) is 3. The molecule has 128 valence electrons. The number of halogens is 1. The third-order valence-corrected chi connectivity index (χ3v) is 4.27. The number of carbonyl (C=O) groups excluding carboxylic acids is 1. The van der Waals surface area contributed by atoms with Crippen LogP contribution >= 0.6 is 11.8 Å². The van der Waals surface area contributed by atoms with Gasteiger partial charge in [-0.3, -0.25) is 10.3 Å². The number of amidine groups is 1. The second-order valence-corrected chi connectivity index (χ2v) is 5.90. The summed E-state index contributed by atoms with van der Waals surface area (Å²) in [5, 5.41) is 12.0. The molecule has 0 aromatic rings. The molecule has 0 aromatic carbocycles. The minimum Gasteiger partial charge on any atom is -0.445 e. The molecule has 5 atom stereocenters. The van der Waals surface area contributed by atoms with Gasteiger partial charge < -0.3 is 19.3 Å². The minimum absolute atomic E-state index is 0.0585. The van der Waals surface area contributed by atoms with Gasteiger partial charge >= 0.3 is 6.09 Å². The van der Waals surface area contributed by atoms with E-state index in [0.29, 0.717) is 0 Å². The molecule has 0 saturated carbocycles. The number of amides is 1. The predicted octanol–water partition coefficient (Wildman–Crippen LogP) is 0.996. The first-order chi connectivity index (χ1) is 11.1. The molecule has 1 fully saturated rings. The minimum atomic E-state index is -1.47. The highest BCUT2D eigenvalue weighted by Gasteiger charge is 2.50. The van der Waals surface area contributed by atoms with Gasteiger partial charge in [0.05, 0.1) is 13.2 Å². The summed E-state index contributed by atoms with van der Waals surface area (Å²) in [7, 11) is 0. The Morgan fingerprint density at radius 1 is 1.48 bits per heavy atom. The van der Waals surface area contributed by atoms with E-state index in [1.54, 1.807) is 0 Å². The molecule has 2 heterocycles. The highest BCUT2D eigenvalue weighted by molar-refractivity contribution is 8.14. The molecule has 1 saturated heterocycles. The van der Waals surface area contributed by atoms with Crippen LogP contribution < -0.4 is 5.32 Å². The van der Waals surface area contributed by atoms with Crippen LogP contribution in [0.25, 0.3) is 0 Å². The first kappa shape index (κ1) is 17.9. The maximum Gasteiger partial charge on any atom is 0.413 e. The molecule has 0 aromatic heterocycles. The lowest BCUT2D eigenvalue weighted by Gasteiger charge is -2.38. The molecule has 0 unspecified atom stereocenters. The number of thioether (sulfide) groups is 1. The van der Waals surface area contributed by atoms with E-state index >= 15 is 0 Å². The number of aliphatic hydroxyl groups excluding tert-OH is 1. The van der Waals surface area contributed by atoms with Crippen molar-refractivity contribution in [3.63, 3.8) is 0 Å². The number of alkyl carbamates (subject to hydrolysis) is 1. The Morgan fingerprint density at radius 3 is 2.87 bits per heavy atom. The van der Waals surface area contributed by atoms with Gasteiger partial charge in [0.25, 0.3) is 0 Å². The largest absolute Gasteiger partial charge is 0.445 e. The Balaban J connectivity index is 2.01. The number of fused-ring (bicyclic) bond motifs is 1. The molecule has 23 heavy (non-hydrogen) atoms. The molecule has 2 rings (SSSR count). The molecule has 2 aliphatic heterocycles. The van der Waals surface area contributed by atoms with E-state index in [1.807, 2.05) is 0 Å². The van der Waals surface area contributed by atoms with Crippen LogP contribution in [0.5, 0.6) is 0 Å². The third-order valence-electron chi connectivity index (χ3n) is 3.22. The number of rotatable bonds is 6. The molecule has 9 heteroatoms. The van der Waals surface area contributed by atoms with Crippen molar-refractivity contribution in [3.8, 4) is 0 Å². The van der Waals surface area contributed by atoms with Crippen molar-refractivity contribution in [3.05, 3.63) is 25.3 Å². The summed E-state index contributed by atoms with van der Waals surface area (Å²) in [5.41, 5.74) is -0.638. The summed E-state index contributed by atoms with van der Waals surface area (Å²) in [6.45, 7) is 6.75. The van der Waals surface area contributed by atoms with E-state index in [9.17, 15) is 14.3 Å². The average molecular weight is 346 g/mol. The molecular formula is C14H19FN2O5S. The van der Waals surface area contributed by atoms with E-state index < -0.39 is 36.0 Å². The first-order valence-corrected chi connectivity index (χ1v) is 7.90. The second kappa shape index (κ2) is 8.44. The topological polar surface area (TPSA) is 89.4 Å². The number of aliphatic imine (C=N–C) groups is 1. The van der Waals surface area contributed by atoms with Crippen LogP contribution in [0, 0.1) is 0 Å². The van der Waals surface area contributed by atoms with Crippen LogP contribution in [-0.2, 0) is 14.2 Å². The van der Waals surface area contributed by atoms with Crippen molar-refractivity contribution in [1.82, 2.24) is 5.32 Å². The summed E-state index contributed by atoms with van der Waals surface area (Å²) >= 11 is 1.07. The highest BCUT2D eigenvalue weighted by atomic mass is 32.2. The number of hydrogen-bond acceptors (Lipinski definition) is 7. The molecule has 2 aliphatic rings. The summed E-state index contributed by atoms with van der Waals surface area (Å²) < 4.78 is 30.4. The van der Waals surface area contributed by atoms with Crippen LogP contribution in [0.3, 0.4) is 0 Å². The van der Waals surface area contributed by atoms with Crippen LogP contribution in [0.4, 0.5) is 9.18 Å². The van der Waals surface area contributed by atoms with E-state index in [2.05, 4.69) is 23.5 Å². The van der Waals surface area contributed by atoms with Gasteiger partial charge in [0, 0.05) is 0 Å². The molecule has 7 nitrogen and oxygen atoms in total. The Hall–Kier alpha value is -1.42. The van der Waals surface area contributed by atoms with Crippen molar-refractivity contribution >= 4 is 23.0 Å². The van der Waals surface area contributed by atoms with Crippen LogP contribution in [0.2, 0.25) is 0 Å². The number of alkyl halides is 1. The maximum atomic E-state index is 14.6. The average Bonchev–Trinajstić information content (AvgIpc) is 2.94. The Labute approximate surface area is 137 Å². The third kappa shape index (κ3) is 4.31.